The number of fused-ring (bicyclic) bond motifs is 1. The summed E-state index contributed by atoms with van der Waals surface area (Å²) < 4.78 is 7.97. The van der Waals surface area contributed by atoms with Crippen LogP contribution in [0.5, 0.6) is 11.5 Å². The average Bonchev–Trinajstić information content (AvgIpc) is 3.27. The van der Waals surface area contributed by atoms with Gasteiger partial charge in [0, 0.05) is 11.6 Å². The lowest BCUT2D eigenvalue weighted by Gasteiger charge is -2.29. The van der Waals surface area contributed by atoms with E-state index in [-0.39, 0.29) is 6.04 Å². The highest BCUT2D eigenvalue weighted by molar-refractivity contribution is 5.98. The van der Waals surface area contributed by atoms with Crippen molar-refractivity contribution in [2.24, 2.45) is 0 Å². The fraction of sp³-hybridized carbons (Fsp3) is 0.250. The molecule has 35 heavy (non-hydrogen) atoms. The topological polar surface area (TPSA) is 90.9 Å². The van der Waals surface area contributed by atoms with Crippen molar-refractivity contribution >= 4 is 16.9 Å². The van der Waals surface area contributed by atoms with E-state index in [0.717, 1.165) is 65.2 Å². The Balaban J connectivity index is 1.40. The summed E-state index contributed by atoms with van der Waals surface area (Å²) in [6, 6.07) is 18.2. The highest BCUT2D eigenvalue weighted by atomic mass is 16.5. The quantitative estimate of drug-likeness (QED) is 0.367. The first kappa shape index (κ1) is 22.5. The van der Waals surface area contributed by atoms with Gasteiger partial charge in [-0.15, -0.1) is 0 Å². The van der Waals surface area contributed by atoms with E-state index >= 15 is 0 Å². The zero-order valence-electron chi connectivity index (χ0n) is 19.7. The molecule has 3 N–H and O–H groups in total. The zero-order valence-corrected chi connectivity index (χ0v) is 19.7. The lowest BCUT2D eigenvalue weighted by Crippen LogP contribution is -2.33. The number of benzene rings is 2. The first-order valence-corrected chi connectivity index (χ1v) is 11.8. The number of ether oxygens (including phenoxy) is 1. The highest BCUT2D eigenvalue weighted by Gasteiger charge is 2.27. The molecular weight excluding hydrogens is 436 g/mol. The monoisotopic (exact) mass is 464 g/mol. The summed E-state index contributed by atoms with van der Waals surface area (Å²) in [7, 11) is 0. The molecule has 7 heteroatoms. The maximum atomic E-state index is 6.31. The van der Waals surface area contributed by atoms with Crippen LogP contribution >= 0.6 is 0 Å². The van der Waals surface area contributed by atoms with Gasteiger partial charge in [0.15, 0.2) is 5.65 Å². The molecular formula is C28H28N6O. The van der Waals surface area contributed by atoms with Crippen LogP contribution < -0.4 is 15.8 Å². The summed E-state index contributed by atoms with van der Waals surface area (Å²) >= 11 is 0. The average molecular weight is 465 g/mol. The molecule has 0 atom stereocenters. The highest BCUT2D eigenvalue weighted by Crippen LogP contribution is 2.36. The van der Waals surface area contributed by atoms with Crippen LogP contribution in [0.15, 0.2) is 73.2 Å². The van der Waals surface area contributed by atoms with Crippen LogP contribution in [0.25, 0.3) is 22.3 Å². The van der Waals surface area contributed by atoms with Crippen molar-refractivity contribution in [3.05, 3.63) is 73.2 Å². The number of nitrogens with two attached hydrogens (primary N) is 1. The molecule has 2 aromatic carbocycles. The molecule has 0 saturated heterocycles. The predicted octanol–water partition coefficient (Wildman–Crippen LogP) is 5.48. The lowest BCUT2D eigenvalue weighted by molar-refractivity contribution is 0.292. The molecule has 7 nitrogen and oxygen atoms in total. The Labute approximate surface area is 205 Å². The molecule has 176 valence electrons. The molecule has 1 aliphatic carbocycles. The van der Waals surface area contributed by atoms with Gasteiger partial charge < -0.3 is 15.8 Å². The Hall–Kier alpha value is -4.31. The van der Waals surface area contributed by atoms with Gasteiger partial charge in [-0.05, 0) is 69.0 Å². The minimum atomic E-state index is 0.241. The van der Waals surface area contributed by atoms with Crippen LogP contribution in [0, 0.1) is 11.8 Å². The Morgan fingerprint density at radius 1 is 1.03 bits per heavy atom. The number of anilines is 1. The van der Waals surface area contributed by atoms with E-state index in [1.165, 1.54) is 6.33 Å². The van der Waals surface area contributed by atoms with Crippen LogP contribution in [-0.4, -0.2) is 25.8 Å². The summed E-state index contributed by atoms with van der Waals surface area (Å²) in [4.78, 5) is 8.81. The molecule has 0 unspecified atom stereocenters. The standard InChI is InChI=1S/C28H28N6O/c1-3-7-19(2)32-21-12-14-22(15-13-21)34-28-25(27(29)30-18-31-28)26(33-34)20-10-16-24(17-11-20)35-23-8-5-4-6-9-23/h4-6,8-11,16-18,21-22,32H,2,12-15H2,1H3,(H2,29,30,31). The summed E-state index contributed by atoms with van der Waals surface area (Å²) in [6.07, 6.45) is 5.50. The normalized spacial score (nSPS) is 17.4. The summed E-state index contributed by atoms with van der Waals surface area (Å²) in [5.41, 5.74) is 9.60. The number of hydrogen-bond donors (Lipinski definition) is 2. The minimum absolute atomic E-state index is 0.241. The van der Waals surface area contributed by atoms with E-state index < -0.39 is 0 Å². The summed E-state index contributed by atoms with van der Waals surface area (Å²) in [5.74, 6) is 7.87. The van der Waals surface area contributed by atoms with Crippen molar-refractivity contribution in [2.45, 2.75) is 44.7 Å². The number of aromatic nitrogens is 4. The van der Waals surface area contributed by atoms with Gasteiger partial charge in [0.2, 0.25) is 0 Å². The van der Waals surface area contributed by atoms with Crippen LogP contribution in [-0.2, 0) is 0 Å². The van der Waals surface area contributed by atoms with Gasteiger partial charge in [-0.2, -0.15) is 5.10 Å². The van der Waals surface area contributed by atoms with E-state index in [0.29, 0.717) is 11.9 Å². The molecule has 1 aliphatic rings. The molecule has 0 amide bonds. The zero-order chi connectivity index (χ0) is 24.2. The number of nitrogens with zero attached hydrogens (tertiary/aromatic N) is 4. The second-order valence-corrected chi connectivity index (χ2v) is 8.69. The van der Waals surface area contributed by atoms with E-state index in [1.54, 1.807) is 0 Å². The number of para-hydroxylation sites is 1. The molecule has 5 rings (SSSR count). The number of nitrogen functional groups attached to an aromatic ring is 1. The molecule has 0 spiro atoms. The third-order valence-corrected chi connectivity index (χ3v) is 6.32. The third kappa shape index (κ3) is 4.82. The Morgan fingerprint density at radius 3 is 2.46 bits per heavy atom. The smallest absolute Gasteiger partial charge is 0.164 e. The first-order valence-electron chi connectivity index (χ1n) is 11.8. The molecule has 0 radical (unpaired) electrons. The third-order valence-electron chi connectivity index (χ3n) is 6.32. The van der Waals surface area contributed by atoms with Gasteiger partial charge in [-0.25, -0.2) is 14.6 Å². The number of rotatable bonds is 6. The Bertz CT molecular complexity index is 1390. The van der Waals surface area contributed by atoms with E-state index in [9.17, 15) is 0 Å². The van der Waals surface area contributed by atoms with Gasteiger partial charge >= 0.3 is 0 Å². The van der Waals surface area contributed by atoms with Crippen LogP contribution in [0.3, 0.4) is 0 Å². The molecule has 0 aliphatic heterocycles. The number of hydrogen-bond acceptors (Lipinski definition) is 6. The Kier molecular flexibility index (Phi) is 6.36. The lowest BCUT2D eigenvalue weighted by atomic mass is 9.91. The van der Waals surface area contributed by atoms with Crippen molar-refractivity contribution < 1.29 is 4.74 Å². The van der Waals surface area contributed by atoms with E-state index in [2.05, 4.69) is 33.7 Å². The van der Waals surface area contributed by atoms with Crippen molar-refractivity contribution in [3.63, 3.8) is 0 Å². The maximum Gasteiger partial charge on any atom is 0.164 e. The van der Waals surface area contributed by atoms with Crippen molar-refractivity contribution in [2.75, 3.05) is 5.73 Å². The number of nitrogens with one attached hydrogen (secondary N) is 1. The van der Waals surface area contributed by atoms with E-state index in [1.807, 2.05) is 66.2 Å². The predicted molar refractivity (Wildman–Crippen MR) is 139 cm³/mol. The largest absolute Gasteiger partial charge is 0.457 e. The number of allylic oxidation sites excluding steroid dienone is 1. The first-order chi connectivity index (χ1) is 17.1. The SMILES string of the molecule is C=C(C#CC)NC1CCC(n2nc(-c3ccc(Oc4ccccc4)cc3)c3c(N)ncnc32)CC1. The summed E-state index contributed by atoms with van der Waals surface area (Å²) in [5, 5.41) is 9.23. The second kappa shape index (κ2) is 9.90. The van der Waals surface area contributed by atoms with Gasteiger partial charge in [0.25, 0.3) is 0 Å². The Morgan fingerprint density at radius 2 is 1.74 bits per heavy atom. The maximum absolute atomic E-state index is 6.31. The fourth-order valence-corrected chi connectivity index (χ4v) is 4.66. The van der Waals surface area contributed by atoms with Crippen LogP contribution in [0.1, 0.15) is 38.6 Å². The minimum Gasteiger partial charge on any atom is -0.457 e. The van der Waals surface area contributed by atoms with E-state index in [4.69, 9.17) is 15.6 Å². The summed E-state index contributed by atoms with van der Waals surface area (Å²) in [6.45, 7) is 5.81. The molecule has 1 saturated carbocycles. The van der Waals surface area contributed by atoms with Crippen molar-refractivity contribution in [1.29, 1.82) is 0 Å². The van der Waals surface area contributed by atoms with Crippen LogP contribution in [0.2, 0.25) is 0 Å². The van der Waals surface area contributed by atoms with Gasteiger partial charge in [0.05, 0.1) is 17.1 Å². The van der Waals surface area contributed by atoms with Gasteiger partial charge in [0.1, 0.15) is 29.3 Å². The fourth-order valence-electron chi connectivity index (χ4n) is 4.66. The molecule has 1 fully saturated rings. The van der Waals surface area contributed by atoms with Gasteiger partial charge in [-0.1, -0.05) is 36.6 Å². The molecule has 4 aromatic rings. The molecule has 2 aromatic heterocycles. The second-order valence-electron chi connectivity index (χ2n) is 8.69. The van der Waals surface area contributed by atoms with Crippen molar-refractivity contribution in [1.82, 2.24) is 25.1 Å². The van der Waals surface area contributed by atoms with Crippen LogP contribution in [0.4, 0.5) is 5.82 Å². The van der Waals surface area contributed by atoms with Gasteiger partial charge in [-0.3, -0.25) is 0 Å². The molecule has 2 heterocycles. The van der Waals surface area contributed by atoms with Crippen molar-refractivity contribution in [3.8, 4) is 34.6 Å². The molecule has 0 bridgehead atoms.